The van der Waals surface area contributed by atoms with Crippen molar-refractivity contribution in [1.82, 2.24) is 5.09 Å². The summed E-state index contributed by atoms with van der Waals surface area (Å²) < 4.78 is 16.7. The molecule has 2 unspecified atom stereocenters. The fourth-order valence-corrected chi connectivity index (χ4v) is 2.80. The summed E-state index contributed by atoms with van der Waals surface area (Å²) in [4.78, 5) is 10.6. The highest BCUT2D eigenvalue weighted by Crippen LogP contribution is 2.44. The molecule has 74 valence electrons. The highest BCUT2D eigenvalue weighted by atomic mass is 31.2. The normalized spacial score (nSPS) is 33.2. The smallest absolute Gasteiger partial charge is 0.325 e. The molecule has 0 radical (unpaired) electrons. The third kappa shape index (κ3) is 2.66. The van der Waals surface area contributed by atoms with E-state index in [4.69, 9.17) is 9.63 Å². The van der Waals surface area contributed by atoms with E-state index >= 15 is 0 Å². The second-order valence-electron chi connectivity index (χ2n) is 2.65. The lowest BCUT2D eigenvalue weighted by molar-refractivity contribution is -0.137. The summed E-state index contributed by atoms with van der Waals surface area (Å²) in [6, 6.07) is -0.897. The number of carboxylic acids is 1. The average Bonchev–Trinajstić information content (AvgIpc) is 2.04. The van der Waals surface area contributed by atoms with E-state index < -0.39 is 19.5 Å². The number of hydrogen-bond acceptors (Lipinski definition) is 3. The van der Waals surface area contributed by atoms with Crippen LogP contribution in [0.2, 0.25) is 0 Å². The van der Waals surface area contributed by atoms with Crippen molar-refractivity contribution in [2.45, 2.75) is 13.0 Å². The molecule has 0 aromatic heterocycles. The molecule has 5 nitrogen and oxygen atoms in total. The van der Waals surface area contributed by atoms with Crippen LogP contribution < -0.4 is 5.09 Å². The maximum atomic E-state index is 11.7. The fraction of sp³-hybridized carbons (Fsp3) is 0.571. The van der Waals surface area contributed by atoms with Gasteiger partial charge in [0.05, 0.1) is 12.8 Å². The maximum Gasteiger partial charge on any atom is 0.325 e. The molecule has 1 aliphatic heterocycles. The van der Waals surface area contributed by atoms with Gasteiger partial charge < -0.3 is 9.63 Å². The van der Waals surface area contributed by atoms with Crippen LogP contribution in [0.25, 0.3) is 0 Å². The van der Waals surface area contributed by atoms with Crippen molar-refractivity contribution >= 4 is 13.5 Å². The third-order valence-corrected chi connectivity index (χ3v) is 3.65. The molecular formula is C7H12NO4P. The summed E-state index contributed by atoms with van der Waals surface area (Å²) in [5.74, 6) is -1.05. The van der Waals surface area contributed by atoms with Crippen LogP contribution in [0.4, 0.5) is 0 Å². The van der Waals surface area contributed by atoms with Gasteiger partial charge in [-0.1, -0.05) is 12.2 Å². The number of nitrogens with one attached hydrogen (secondary N) is 1. The van der Waals surface area contributed by atoms with Crippen molar-refractivity contribution < 1.29 is 19.0 Å². The molecule has 0 spiro atoms. The summed E-state index contributed by atoms with van der Waals surface area (Å²) in [6.45, 7) is 2.03. The van der Waals surface area contributed by atoms with Crippen molar-refractivity contribution in [3.05, 3.63) is 12.2 Å². The molecule has 0 bridgehead atoms. The highest BCUT2D eigenvalue weighted by Gasteiger charge is 2.30. The van der Waals surface area contributed by atoms with E-state index in [1.807, 2.05) is 0 Å². The monoisotopic (exact) mass is 205 g/mol. The van der Waals surface area contributed by atoms with Crippen molar-refractivity contribution in [1.29, 1.82) is 0 Å². The van der Waals surface area contributed by atoms with Gasteiger partial charge in [-0.05, 0) is 6.92 Å². The lowest BCUT2D eigenvalue weighted by Crippen LogP contribution is -2.36. The molecule has 1 aliphatic rings. The lowest BCUT2D eigenvalue weighted by atomic mass is 10.3. The van der Waals surface area contributed by atoms with Gasteiger partial charge in [-0.2, -0.15) is 0 Å². The molecule has 2 N–H and O–H groups in total. The van der Waals surface area contributed by atoms with E-state index in [-0.39, 0.29) is 6.16 Å². The van der Waals surface area contributed by atoms with Crippen molar-refractivity contribution in [2.75, 3.05) is 12.8 Å². The second kappa shape index (κ2) is 4.05. The number of hydrogen-bond donors (Lipinski definition) is 2. The molecule has 0 aromatic carbocycles. The number of carbonyl (C=O) groups is 1. The summed E-state index contributed by atoms with van der Waals surface area (Å²) in [5.41, 5.74) is 0. The van der Waals surface area contributed by atoms with E-state index in [9.17, 15) is 9.36 Å². The van der Waals surface area contributed by atoms with Crippen LogP contribution in [0.15, 0.2) is 12.2 Å². The first-order valence-corrected chi connectivity index (χ1v) is 5.79. The Bertz CT molecular complexity index is 276. The quantitative estimate of drug-likeness (QED) is 0.527. The Labute approximate surface area is 76.3 Å². The molecule has 0 amide bonds. The van der Waals surface area contributed by atoms with Gasteiger partial charge >= 0.3 is 5.97 Å². The molecule has 6 heteroatoms. The van der Waals surface area contributed by atoms with Crippen LogP contribution in [0.3, 0.4) is 0 Å². The second-order valence-corrected chi connectivity index (χ2v) is 4.88. The van der Waals surface area contributed by atoms with Crippen molar-refractivity contribution in [2.24, 2.45) is 0 Å². The van der Waals surface area contributed by atoms with Gasteiger partial charge in [-0.3, -0.25) is 9.36 Å². The Kier molecular flexibility index (Phi) is 3.25. The van der Waals surface area contributed by atoms with Crippen LogP contribution in [0, 0.1) is 0 Å². The molecule has 0 aliphatic carbocycles. The molecular weight excluding hydrogens is 193 g/mol. The van der Waals surface area contributed by atoms with Crippen LogP contribution in [0.1, 0.15) is 6.92 Å². The molecule has 2 atom stereocenters. The summed E-state index contributed by atoms with van der Waals surface area (Å²) in [5, 5.41) is 11.1. The molecule has 0 fully saturated rings. The fourth-order valence-electron chi connectivity index (χ4n) is 1.08. The minimum atomic E-state index is -2.94. The minimum Gasteiger partial charge on any atom is -0.480 e. The summed E-state index contributed by atoms with van der Waals surface area (Å²) in [6.07, 6.45) is 3.30. The number of allylic oxidation sites excluding steroid dienone is 1. The van der Waals surface area contributed by atoms with E-state index in [2.05, 4.69) is 5.09 Å². The van der Waals surface area contributed by atoms with E-state index in [0.717, 1.165) is 0 Å². The zero-order valence-electron chi connectivity index (χ0n) is 7.27. The van der Waals surface area contributed by atoms with E-state index in [1.54, 1.807) is 13.0 Å². The van der Waals surface area contributed by atoms with Gasteiger partial charge in [-0.15, -0.1) is 0 Å². The van der Waals surface area contributed by atoms with Crippen molar-refractivity contribution in [3.8, 4) is 0 Å². The van der Waals surface area contributed by atoms with Crippen LogP contribution in [-0.4, -0.2) is 29.9 Å². The first-order chi connectivity index (χ1) is 6.07. The Morgan fingerprint density at radius 1 is 1.85 bits per heavy atom. The average molecular weight is 205 g/mol. The SMILES string of the molecule is CCOP1(=O)CC=CC(C(=O)O)N1. The molecule has 1 rings (SSSR count). The Balaban J connectivity index is 2.70. The Hall–Kier alpha value is -0.640. The Morgan fingerprint density at radius 2 is 2.54 bits per heavy atom. The van der Waals surface area contributed by atoms with Gasteiger partial charge in [0.1, 0.15) is 6.04 Å². The van der Waals surface area contributed by atoms with Crippen LogP contribution >= 0.6 is 7.52 Å². The summed E-state index contributed by atoms with van der Waals surface area (Å²) in [7, 11) is -2.94. The molecule has 13 heavy (non-hydrogen) atoms. The number of aliphatic carboxylic acids is 1. The zero-order chi connectivity index (χ0) is 9.90. The van der Waals surface area contributed by atoms with E-state index in [0.29, 0.717) is 6.61 Å². The molecule has 0 saturated carbocycles. The highest BCUT2D eigenvalue weighted by molar-refractivity contribution is 7.57. The largest absolute Gasteiger partial charge is 0.480 e. The molecule has 1 heterocycles. The van der Waals surface area contributed by atoms with Crippen LogP contribution in [0.5, 0.6) is 0 Å². The summed E-state index contributed by atoms with van der Waals surface area (Å²) >= 11 is 0. The topological polar surface area (TPSA) is 75.6 Å². The zero-order valence-corrected chi connectivity index (χ0v) is 8.16. The van der Waals surface area contributed by atoms with E-state index in [1.165, 1.54) is 6.08 Å². The molecule has 0 saturated heterocycles. The first kappa shape index (κ1) is 10.4. The first-order valence-electron chi connectivity index (χ1n) is 3.98. The Morgan fingerprint density at radius 3 is 3.08 bits per heavy atom. The third-order valence-electron chi connectivity index (χ3n) is 1.61. The van der Waals surface area contributed by atoms with Crippen LogP contribution in [-0.2, 0) is 13.9 Å². The van der Waals surface area contributed by atoms with Gasteiger partial charge in [0.15, 0.2) is 0 Å². The van der Waals surface area contributed by atoms with Gasteiger partial charge in [0, 0.05) is 0 Å². The predicted octanol–water partition coefficient (Wildman–Crippen LogP) is 0.829. The predicted molar refractivity (Wildman–Crippen MR) is 47.8 cm³/mol. The lowest BCUT2D eigenvalue weighted by Gasteiger charge is -2.23. The number of carboxylic acid groups (broad SMARTS) is 1. The van der Waals surface area contributed by atoms with Gasteiger partial charge in [-0.25, -0.2) is 5.09 Å². The van der Waals surface area contributed by atoms with Gasteiger partial charge in [0.25, 0.3) is 7.52 Å². The number of rotatable bonds is 3. The van der Waals surface area contributed by atoms with Gasteiger partial charge in [0.2, 0.25) is 0 Å². The maximum absolute atomic E-state index is 11.7. The minimum absolute atomic E-state index is 0.255. The molecule has 0 aromatic rings. The van der Waals surface area contributed by atoms with Crippen molar-refractivity contribution in [3.63, 3.8) is 0 Å². The standard InChI is InChI=1S/C7H12NO4P/c1-2-12-13(11)5-3-4-6(8-13)7(9)10/h3-4,6H,2,5H2,1H3,(H,8,11)(H,9,10).